The lowest BCUT2D eigenvalue weighted by Gasteiger charge is -2.02. The minimum atomic E-state index is -0.610. The smallest absolute Gasteiger partial charge is 0.356 e. The number of halogens is 2. The van der Waals surface area contributed by atoms with Gasteiger partial charge in [0, 0.05) is 8.95 Å². The number of ether oxygens (including phenoxy) is 4. The molecule has 2 heterocycles. The molecule has 0 saturated carbocycles. The maximum Gasteiger partial charge on any atom is 0.356 e. The predicted molar refractivity (Wildman–Crippen MR) is 109 cm³/mol. The normalized spacial score (nSPS) is 9.53. The van der Waals surface area contributed by atoms with Crippen LogP contribution in [0, 0.1) is 0 Å². The summed E-state index contributed by atoms with van der Waals surface area (Å²) in [5, 5.41) is 0. The highest BCUT2D eigenvalue weighted by molar-refractivity contribution is 9.10. The molecule has 0 aliphatic carbocycles. The Bertz CT molecular complexity index is 819. The minimum Gasteiger partial charge on any atom is -0.464 e. The molecular weight excluding hydrogens is 532 g/mol. The molecule has 0 fully saturated rings. The minimum absolute atomic E-state index is 0.0484. The monoisotopic (exact) mass is 546 g/mol. The second-order valence-corrected chi connectivity index (χ2v) is 6.91. The van der Waals surface area contributed by atoms with Crippen LogP contribution in [-0.2, 0) is 18.9 Å². The zero-order valence-corrected chi connectivity index (χ0v) is 19.4. The summed E-state index contributed by atoms with van der Waals surface area (Å²) in [6.07, 6.45) is 0. The molecule has 0 bridgehead atoms. The molecule has 10 nitrogen and oxygen atoms in total. The zero-order chi connectivity index (χ0) is 22.8. The van der Waals surface area contributed by atoms with E-state index in [9.17, 15) is 19.2 Å². The lowest BCUT2D eigenvalue weighted by Crippen LogP contribution is -2.10. The standard InChI is InChI=1S/2C9H8BrNO4/c2*1-14-8(12)6-3-5(10)4-7(11-6)9(13)15-2/h2*3-4H,1-2H3. The molecule has 2 rings (SSSR count). The topological polar surface area (TPSA) is 131 Å². The molecule has 0 N–H and O–H groups in total. The molecule has 30 heavy (non-hydrogen) atoms. The van der Waals surface area contributed by atoms with Crippen molar-refractivity contribution in [2.24, 2.45) is 0 Å². The third-order valence-electron chi connectivity index (χ3n) is 3.16. The Morgan fingerprint density at radius 2 is 0.767 bits per heavy atom. The zero-order valence-electron chi connectivity index (χ0n) is 16.2. The van der Waals surface area contributed by atoms with Crippen LogP contribution in [0.4, 0.5) is 0 Å². The van der Waals surface area contributed by atoms with E-state index in [1.165, 1.54) is 52.7 Å². The number of esters is 4. The van der Waals surface area contributed by atoms with Crippen molar-refractivity contribution in [1.82, 2.24) is 9.97 Å². The van der Waals surface area contributed by atoms with E-state index in [-0.39, 0.29) is 22.8 Å². The lowest BCUT2D eigenvalue weighted by atomic mass is 10.3. The number of pyridine rings is 2. The predicted octanol–water partition coefficient (Wildman–Crippen LogP) is 2.83. The summed E-state index contributed by atoms with van der Waals surface area (Å²) in [5.41, 5.74) is 0.194. The maximum atomic E-state index is 11.2. The van der Waals surface area contributed by atoms with Crippen LogP contribution >= 0.6 is 31.9 Å². The SMILES string of the molecule is COC(=O)c1cc(Br)cc(C(=O)OC)n1.COC(=O)c1cc(Br)cc(C(=O)OC)n1. The van der Waals surface area contributed by atoms with Crippen molar-refractivity contribution in [1.29, 1.82) is 0 Å². The fourth-order valence-corrected chi connectivity index (χ4v) is 2.70. The van der Waals surface area contributed by atoms with Gasteiger partial charge in [-0.2, -0.15) is 0 Å². The van der Waals surface area contributed by atoms with Crippen molar-refractivity contribution in [2.75, 3.05) is 28.4 Å². The number of hydrogen-bond donors (Lipinski definition) is 0. The Labute approximate surface area is 188 Å². The molecule has 2 aromatic heterocycles. The summed E-state index contributed by atoms with van der Waals surface area (Å²) in [5.74, 6) is -2.44. The first-order chi connectivity index (χ1) is 14.2. The molecule has 0 aliphatic heterocycles. The summed E-state index contributed by atoms with van der Waals surface area (Å²) in [6, 6.07) is 5.83. The van der Waals surface area contributed by atoms with Gasteiger partial charge in [0.15, 0.2) is 0 Å². The highest BCUT2D eigenvalue weighted by Crippen LogP contribution is 2.15. The van der Waals surface area contributed by atoms with Gasteiger partial charge in [0.25, 0.3) is 0 Å². The Balaban J connectivity index is 0.000000300. The molecule has 2 aromatic rings. The van der Waals surface area contributed by atoms with Crippen LogP contribution in [0.1, 0.15) is 42.0 Å². The van der Waals surface area contributed by atoms with Gasteiger partial charge in [-0.1, -0.05) is 31.9 Å². The highest BCUT2D eigenvalue weighted by atomic mass is 79.9. The number of hydrogen-bond acceptors (Lipinski definition) is 10. The van der Waals surface area contributed by atoms with Crippen LogP contribution in [0.2, 0.25) is 0 Å². The first-order valence-corrected chi connectivity index (χ1v) is 9.43. The molecule has 12 heteroatoms. The second-order valence-electron chi connectivity index (χ2n) is 5.08. The van der Waals surface area contributed by atoms with Gasteiger partial charge in [-0.3, -0.25) is 0 Å². The molecule has 0 atom stereocenters. The van der Waals surface area contributed by atoms with Crippen LogP contribution in [0.25, 0.3) is 0 Å². The van der Waals surface area contributed by atoms with E-state index in [0.29, 0.717) is 8.95 Å². The third kappa shape index (κ3) is 7.19. The fraction of sp³-hybridized carbons (Fsp3) is 0.222. The summed E-state index contributed by atoms with van der Waals surface area (Å²) in [4.78, 5) is 52.3. The molecular formula is C18H16Br2N2O8. The number of carbonyl (C=O) groups is 4. The van der Waals surface area contributed by atoms with Crippen molar-refractivity contribution in [3.05, 3.63) is 56.0 Å². The van der Waals surface area contributed by atoms with Crippen LogP contribution < -0.4 is 0 Å². The van der Waals surface area contributed by atoms with E-state index in [1.807, 2.05) is 0 Å². The quantitative estimate of drug-likeness (QED) is 0.415. The summed E-state index contributed by atoms with van der Waals surface area (Å²) < 4.78 is 19.0. The first-order valence-electron chi connectivity index (χ1n) is 7.85. The van der Waals surface area contributed by atoms with Gasteiger partial charge in [0.2, 0.25) is 0 Å². The van der Waals surface area contributed by atoms with Gasteiger partial charge in [-0.25, -0.2) is 29.1 Å². The average Bonchev–Trinajstić information content (AvgIpc) is 2.76. The van der Waals surface area contributed by atoms with Gasteiger partial charge < -0.3 is 18.9 Å². The molecule has 0 amide bonds. The molecule has 160 valence electrons. The first kappa shape index (κ1) is 25.2. The second kappa shape index (κ2) is 12.0. The van der Waals surface area contributed by atoms with E-state index in [0.717, 1.165) is 0 Å². The largest absolute Gasteiger partial charge is 0.464 e. The van der Waals surface area contributed by atoms with Gasteiger partial charge in [-0.05, 0) is 24.3 Å². The number of methoxy groups -OCH3 is 4. The van der Waals surface area contributed by atoms with Gasteiger partial charge >= 0.3 is 23.9 Å². The number of carbonyl (C=O) groups excluding carboxylic acids is 4. The molecule has 0 unspecified atom stereocenters. The summed E-state index contributed by atoms with van der Waals surface area (Å²) in [6.45, 7) is 0. The Morgan fingerprint density at radius 3 is 0.933 bits per heavy atom. The van der Waals surface area contributed by atoms with E-state index in [2.05, 4.69) is 60.8 Å². The Hall–Kier alpha value is -2.86. The molecule has 0 saturated heterocycles. The van der Waals surface area contributed by atoms with E-state index in [4.69, 9.17) is 0 Å². The fourth-order valence-electron chi connectivity index (χ4n) is 1.83. The van der Waals surface area contributed by atoms with Gasteiger partial charge in [0.1, 0.15) is 22.8 Å². The molecule has 0 spiro atoms. The molecule has 0 radical (unpaired) electrons. The number of rotatable bonds is 4. The van der Waals surface area contributed by atoms with E-state index < -0.39 is 23.9 Å². The molecule has 0 aromatic carbocycles. The number of nitrogens with zero attached hydrogens (tertiary/aromatic N) is 2. The Kier molecular flexibility index (Phi) is 10.1. The van der Waals surface area contributed by atoms with Gasteiger partial charge in [0.05, 0.1) is 28.4 Å². The van der Waals surface area contributed by atoms with Crippen LogP contribution in [0.5, 0.6) is 0 Å². The van der Waals surface area contributed by atoms with E-state index >= 15 is 0 Å². The van der Waals surface area contributed by atoms with E-state index in [1.54, 1.807) is 0 Å². The van der Waals surface area contributed by atoms with Crippen LogP contribution in [-0.4, -0.2) is 62.3 Å². The lowest BCUT2D eigenvalue weighted by molar-refractivity contribution is 0.0568. The van der Waals surface area contributed by atoms with Crippen LogP contribution in [0.15, 0.2) is 33.2 Å². The summed E-state index contributed by atoms with van der Waals surface area (Å²) >= 11 is 6.30. The van der Waals surface area contributed by atoms with Crippen molar-refractivity contribution in [3.8, 4) is 0 Å². The maximum absolute atomic E-state index is 11.2. The van der Waals surface area contributed by atoms with Crippen molar-refractivity contribution in [2.45, 2.75) is 0 Å². The van der Waals surface area contributed by atoms with Crippen molar-refractivity contribution >= 4 is 55.7 Å². The van der Waals surface area contributed by atoms with Gasteiger partial charge in [-0.15, -0.1) is 0 Å². The average molecular weight is 548 g/mol. The summed E-state index contributed by atoms with van der Waals surface area (Å²) in [7, 11) is 4.96. The van der Waals surface area contributed by atoms with Crippen LogP contribution in [0.3, 0.4) is 0 Å². The number of aromatic nitrogens is 2. The highest BCUT2D eigenvalue weighted by Gasteiger charge is 2.15. The Morgan fingerprint density at radius 1 is 0.567 bits per heavy atom. The third-order valence-corrected chi connectivity index (χ3v) is 4.07. The molecule has 0 aliphatic rings. The van der Waals surface area contributed by atoms with Crippen molar-refractivity contribution in [3.63, 3.8) is 0 Å². The van der Waals surface area contributed by atoms with Crippen molar-refractivity contribution < 1.29 is 38.1 Å².